The van der Waals surface area contributed by atoms with E-state index in [9.17, 15) is 13.2 Å². The van der Waals surface area contributed by atoms with Gasteiger partial charge in [-0.2, -0.15) is 0 Å². The number of halogens is 1. The number of anilines is 1. The molecule has 0 bridgehead atoms. The normalized spacial score (nSPS) is 11.5. The fourth-order valence-electron chi connectivity index (χ4n) is 1.90. The van der Waals surface area contributed by atoms with Crippen molar-refractivity contribution < 1.29 is 13.2 Å². The molecule has 0 aliphatic rings. The lowest BCUT2D eigenvalue weighted by atomic mass is 10.1. The highest BCUT2D eigenvalue weighted by Crippen LogP contribution is 2.22. The first-order chi connectivity index (χ1) is 10.7. The second-order valence-corrected chi connectivity index (χ2v) is 8.29. The van der Waals surface area contributed by atoms with Crippen molar-refractivity contribution >= 4 is 37.5 Å². The first-order valence-corrected chi connectivity index (χ1v) is 9.05. The Bertz CT molecular complexity index is 831. The Morgan fingerprint density at radius 3 is 2.26 bits per heavy atom. The third-order valence-electron chi connectivity index (χ3n) is 3.34. The number of nitrogens with zero attached hydrogens (tertiary/aromatic N) is 1. The van der Waals surface area contributed by atoms with Crippen LogP contribution in [0, 0.1) is 6.92 Å². The summed E-state index contributed by atoms with van der Waals surface area (Å²) in [7, 11) is -0.611. The van der Waals surface area contributed by atoms with Gasteiger partial charge >= 0.3 is 0 Å². The molecule has 0 saturated carbocycles. The topological polar surface area (TPSA) is 66.5 Å². The lowest BCUT2D eigenvalue weighted by molar-refractivity contribution is 0.102. The molecular formula is C16H17BrN2O3S. The van der Waals surface area contributed by atoms with E-state index in [-0.39, 0.29) is 10.8 Å². The van der Waals surface area contributed by atoms with Crippen LogP contribution < -0.4 is 5.32 Å². The van der Waals surface area contributed by atoms with Crippen LogP contribution in [-0.4, -0.2) is 32.7 Å². The standard InChI is InChI=1S/C16H17BrN2O3S/c1-11-4-9-14(23(21,22)19(2)3)10-15(11)18-16(20)12-5-7-13(17)8-6-12/h4-10H,1-3H3,(H,18,20). The van der Waals surface area contributed by atoms with Crippen molar-refractivity contribution in [2.45, 2.75) is 11.8 Å². The van der Waals surface area contributed by atoms with Crippen molar-refractivity contribution in [2.75, 3.05) is 19.4 Å². The molecule has 122 valence electrons. The zero-order chi connectivity index (χ0) is 17.2. The number of hydrogen-bond acceptors (Lipinski definition) is 3. The van der Waals surface area contributed by atoms with Crippen LogP contribution in [0.2, 0.25) is 0 Å². The third-order valence-corrected chi connectivity index (χ3v) is 5.68. The average molecular weight is 397 g/mol. The van der Waals surface area contributed by atoms with Gasteiger partial charge in [0.25, 0.3) is 5.91 Å². The highest BCUT2D eigenvalue weighted by molar-refractivity contribution is 9.10. The van der Waals surface area contributed by atoms with Gasteiger partial charge in [0.2, 0.25) is 10.0 Å². The van der Waals surface area contributed by atoms with E-state index < -0.39 is 10.0 Å². The van der Waals surface area contributed by atoms with Gasteiger partial charge in [-0.3, -0.25) is 4.79 Å². The van der Waals surface area contributed by atoms with E-state index in [1.165, 1.54) is 26.2 Å². The highest BCUT2D eigenvalue weighted by atomic mass is 79.9. The number of sulfonamides is 1. The minimum Gasteiger partial charge on any atom is -0.322 e. The van der Waals surface area contributed by atoms with E-state index in [4.69, 9.17) is 0 Å². The maximum absolute atomic E-state index is 12.3. The first-order valence-electron chi connectivity index (χ1n) is 6.82. The predicted octanol–water partition coefficient (Wildman–Crippen LogP) is 3.26. The van der Waals surface area contributed by atoms with Gasteiger partial charge in [-0.25, -0.2) is 12.7 Å². The Morgan fingerprint density at radius 1 is 1.09 bits per heavy atom. The molecule has 0 aliphatic heterocycles. The summed E-state index contributed by atoms with van der Waals surface area (Å²) in [5.74, 6) is -0.292. The second-order valence-electron chi connectivity index (χ2n) is 5.23. The number of hydrogen-bond donors (Lipinski definition) is 1. The van der Waals surface area contributed by atoms with E-state index in [0.717, 1.165) is 14.3 Å². The molecule has 2 aromatic rings. The molecule has 0 aliphatic carbocycles. The lowest BCUT2D eigenvalue weighted by Crippen LogP contribution is -2.22. The average Bonchev–Trinajstić information content (AvgIpc) is 2.49. The lowest BCUT2D eigenvalue weighted by Gasteiger charge is -2.14. The fraction of sp³-hybridized carbons (Fsp3) is 0.188. The van der Waals surface area contributed by atoms with Crippen LogP contribution in [0.15, 0.2) is 51.8 Å². The molecule has 23 heavy (non-hydrogen) atoms. The molecule has 0 unspecified atom stereocenters. The molecule has 0 saturated heterocycles. The molecule has 0 atom stereocenters. The molecule has 5 nitrogen and oxygen atoms in total. The molecule has 1 N–H and O–H groups in total. The van der Waals surface area contributed by atoms with Crippen LogP contribution >= 0.6 is 15.9 Å². The third kappa shape index (κ3) is 3.99. The van der Waals surface area contributed by atoms with Gasteiger partial charge in [-0.15, -0.1) is 0 Å². The Labute approximate surface area is 144 Å². The molecule has 2 rings (SSSR count). The van der Waals surface area contributed by atoms with Gasteiger partial charge < -0.3 is 5.32 Å². The minimum absolute atomic E-state index is 0.138. The molecule has 0 radical (unpaired) electrons. The Hall–Kier alpha value is -1.70. The molecule has 7 heteroatoms. The van der Waals surface area contributed by atoms with Crippen molar-refractivity contribution in [3.05, 3.63) is 58.1 Å². The number of amides is 1. The van der Waals surface area contributed by atoms with Crippen molar-refractivity contribution in [1.82, 2.24) is 4.31 Å². The summed E-state index contributed by atoms with van der Waals surface area (Å²) >= 11 is 3.31. The largest absolute Gasteiger partial charge is 0.322 e. The molecule has 0 spiro atoms. The quantitative estimate of drug-likeness (QED) is 0.861. The van der Waals surface area contributed by atoms with E-state index in [0.29, 0.717) is 11.3 Å². The van der Waals surface area contributed by atoms with Crippen molar-refractivity contribution in [2.24, 2.45) is 0 Å². The monoisotopic (exact) mass is 396 g/mol. The molecule has 0 aromatic heterocycles. The Kier molecular flexibility index (Phi) is 5.23. The van der Waals surface area contributed by atoms with Crippen molar-refractivity contribution in [3.63, 3.8) is 0 Å². The van der Waals surface area contributed by atoms with Crippen LogP contribution in [0.4, 0.5) is 5.69 Å². The summed E-state index contributed by atoms with van der Waals surface area (Å²) in [5.41, 5.74) is 1.75. The summed E-state index contributed by atoms with van der Waals surface area (Å²) in [5, 5.41) is 2.76. The van der Waals surface area contributed by atoms with Crippen LogP contribution in [-0.2, 0) is 10.0 Å². The summed E-state index contributed by atoms with van der Waals surface area (Å²) in [6.07, 6.45) is 0. The SMILES string of the molecule is Cc1ccc(S(=O)(=O)N(C)C)cc1NC(=O)c1ccc(Br)cc1. The van der Waals surface area contributed by atoms with Crippen molar-refractivity contribution in [3.8, 4) is 0 Å². The maximum Gasteiger partial charge on any atom is 0.255 e. The smallest absolute Gasteiger partial charge is 0.255 e. The fourth-order valence-corrected chi connectivity index (χ4v) is 3.10. The molecule has 2 aromatic carbocycles. The van der Waals surface area contributed by atoms with E-state index >= 15 is 0 Å². The highest BCUT2D eigenvalue weighted by Gasteiger charge is 2.18. The summed E-state index contributed by atoms with van der Waals surface area (Å²) < 4.78 is 26.4. The van der Waals surface area contributed by atoms with E-state index in [2.05, 4.69) is 21.2 Å². The van der Waals surface area contributed by atoms with Gasteiger partial charge in [0.15, 0.2) is 0 Å². The second kappa shape index (κ2) is 6.82. The predicted molar refractivity (Wildman–Crippen MR) is 94.1 cm³/mol. The maximum atomic E-state index is 12.3. The summed E-state index contributed by atoms with van der Waals surface area (Å²) in [4.78, 5) is 12.4. The van der Waals surface area contributed by atoms with Crippen LogP contribution in [0.25, 0.3) is 0 Å². The van der Waals surface area contributed by atoms with Crippen molar-refractivity contribution in [1.29, 1.82) is 0 Å². The number of nitrogens with one attached hydrogen (secondary N) is 1. The number of aryl methyl sites for hydroxylation is 1. The van der Waals surface area contributed by atoms with Gasteiger partial charge in [-0.1, -0.05) is 22.0 Å². The Balaban J connectivity index is 2.33. The molecule has 1 amide bonds. The summed E-state index contributed by atoms with van der Waals surface area (Å²) in [6.45, 7) is 1.81. The van der Waals surface area contributed by atoms with Gasteiger partial charge in [0.1, 0.15) is 0 Å². The number of carbonyl (C=O) groups is 1. The minimum atomic E-state index is -3.55. The number of benzene rings is 2. The summed E-state index contributed by atoms with van der Waals surface area (Å²) in [6, 6.07) is 11.6. The van der Waals surface area contributed by atoms with Crippen LogP contribution in [0.5, 0.6) is 0 Å². The molecule has 0 heterocycles. The first kappa shape index (κ1) is 17.7. The van der Waals surface area contributed by atoms with Crippen LogP contribution in [0.3, 0.4) is 0 Å². The number of carbonyl (C=O) groups excluding carboxylic acids is 1. The van der Waals surface area contributed by atoms with Gasteiger partial charge in [-0.05, 0) is 48.9 Å². The zero-order valence-electron chi connectivity index (χ0n) is 13.0. The van der Waals surface area contributed by atoms with Crippen LogP contribution in [0.1, 0.15) is 15.9 Å². The zero-order valence-corrected chi connectivity index (χ0v) is 15.4. The number of rotatable bonds is 4. The molecule has 0 fully saturated rings. The van der Waals surface area contributed by atoms with Gasteiger partial charge in [0, 0.05) is 29.8 Å². The van der Waals surface area contributed by atoms with E-state index in [1.54, 1.807) is 30.3 Å². The molecular weight excluding hydrogens is 380 g/mol. The van der Waals surface area contributed by atoms with Gasteiger partial charge in [0.05, 0.1) is 4.90 Å². The Morgan fingerprint density at radius 2 is 1.70 bits per heavy atom. The van der Waals surface area contributed by atoms with E-state index in [1.807, 2.05) is 6.92 Å².